The maximum absolute atomic E-state index is 11.8. The number of amides is 2. The van der Waals surface area contributed by atoms with Gasteiger partial charge in [-0.25, -0.2) is 4.79 Å². The van der Waals surface area contributed by atoms with E-state index in [0.717, 1.165) is 17.5 Å². The topological polar surface area (TPSA) is 54.3 Å². The van der Waals surface area contributed by atoms with E-state index >= 15 is 0 Å². The zero-order chi connectivity index (χ0) is 15.2. The summed E-state index contributed by atoms with van der Waals surface area (Å²) in [7, 11) is 0. The quantitative estimate of drug-likeness (QED) is 0.757. The smallest absolute Gasteiger partial charge is 0.315 e. The van der Waals surface area contributed by atoms with Crippen molar-refractivity contribution in [2.75, 3.05) is 6.54 Å². The minimum atomic E-state index is -0.156. The molecule has 0 spiro atoms. The van der Waals surface area contributed by atoms with Gasteiger partial charge in [0.1, 0.15) is 0 Å². The van der Waals surface area contributed by atoms with Crippen molar-refractivity contribution < 1.29 is 9.21 Å². The highest BCUT2D eigenvalue weighted by Gasteiger charge is 2.03. The summed E-state index contributed by atoms with van der Waals surface area (Å²) in [5.74, 6) is 0. The lowest BCUT2D eigenvalue weighted by Crippen LogP contribution is -2.36. The summed E-state index contributed by atoms with van der Waals surface area (Å²) in [6, 6.07) is 16.0. The van der Waals surface area contributed by atoms with Crippen LogP contribution in [0, 0.1) is 0 Å². The van der Waals surface area contributed by atoms with Gasteiger partial charge in [-0.2, -0.15) is 0 Å². The lowest BCUT2D eigenvalue weighted by molar-refractivity contribution is 0.240. The van der Waals surface area contributed by atoms with Gasteiger partial charge >= 0.3 is 6.03 Å². The number of nitrogens with one attached hydrogen (secondary N) is 2. The zero-order valence-corrected chi connectivity index (χ0v) is 12.2. The van der Waals surface area contributed by atoms with E-state index < -0.39 is 0 Å². The van der Waals surface area contributed by atoms with E-state index in [-0.39, 0.29) is 6.03 Å². The summed E-state index contributed by atoms with van der Waals surface area (Å²) in [6.45, 7) is 1.10. The predicted octanol–water partition coefficient (Wildman–Crippen LogP) is 3.47. The number of carbonyl (C=O) groups excluding carboxylic acids is 1. The second kappa shape index (κ2) is 6.80. The summed E-state index contributed by atoms with van der Waals surface area (Å²) < 4.78 is 4.99. The molecule has 1 heterocycles. The van der Waals surface area contributed by atoms with Crippen molar-refractivity contribution in [3.8, 4) is 0 Å². The van der Waals surface area contributed by atoms with Crippen molar-refractivity contribution in [2.45, 2.75) is 13.0 Å². The molecule has 3 rings (SSSR count). The Balaban J connectivity index is 1.52. The van der Waals surface area contributed by atoms with Crippen molar-refractivity contribution in [2.24, 2.45) is 0 Å². The number of furan rings is 1. The summed E-state index contributed by atoms with van der Waals surface area (Å²) in [5, 5.41) is 8.10. The number of hydrogen-bond donors (Lipinski definition) is 2. The van der Waals surface area contributed by atoms with E-state index in [2.05, 4.69) is 28.8 Å². The Hall–Kier alpha value is -2.75. The molecule has 4 nitrogen and oxygen atoms in total. The van der Waals surface area contributed by atoms with Crippen molar-refractivity contribution in [1.82, 2.24) is 10.6 Å². The molecule has 1 aromatic heterocycles. The predicted molar refractivity (Wildman–Crippen MR) is 86.6 cm³/mol. The Kier molecular flexibility index (Phi) is 4.39. The minimum Gasteiger partial charge on any atom is -0.472 e. The van der Waals surface area contributed by atoms with Gasteiger partial charge in [0.15, 0.2) is 0 Å². The number of rotatable bonds is 5. The number of urea groups is 1. The molecule has 0 unspecified atom stereocenters. The molecule has 2 aromatic carbocycles. The third-order valence-electron chi connectivity index (χ3n) is 3.60. The third kappa shape index (κ3) is 3.47. The monoisotopic (exact) mass is 294 g/mol. The fourth-order valence-corrected chi connectivity index (χ4v) is 2.44. The van der Waals surface area contributed by atoms with Gasteiger partial charge in [-0.15, -0.1) is 0 Å². The first-order valence-corrected chi connectivity index (χ1v) is 7.32. The van der Waals surface area contributed by atoms with Crippen LogP contribution in [0.15, 0.2) is 65.5 Å². The number of hydrogen-bond acceptors (Lipinski definition) is 2. The molecule has 3 aromatic rings. The fraction of sp³-hybridized carbons (Fsp3) is 0.167. The second-order valence-electron chi connectivity index (χ2n) is 5.13. The maximum Gasteiger partial charge on any atom is 0.315 e. The molecule has 22 heavy (non-hydrogen) atoms. The highest BCUT2D eigenvalue weighted by molar-refractivity contribution is 5.86. The summed E-state index contributed by atoms with van der Waals surface area (Å²) >= 11 is 0. The van der Waals surface area contributed by atoms with E-state index in [1.54, 1.807) is 12.5 Å². The molecule has 2 amide bonds. The largest absolute Gasteiger partial charge is 0.472 e. The van der Waals surface area contributed by atoms with Crippen molar-refractivity contribution in [1.29, 1.82) is 0 Å². The van der Waals surface area contributed by atoms with Crippen molar-refractivity contribution in [3.05, 3.63) is 72.2 Å². The Morgan fingerprint density at radius 2 is 1.86 bits per heavy atom. The lowest BCUT2D eigenvalue weighted by Gasteiger charge is -2.09. The highest BCUT2D eigenvalue weighted by Crippen LogP contribution is 2.18. The molecule has 0 fully saturated rings. The summed E-state index contributed by atoms with van der Waals surface area (Å²) in [4.78, 5) is 11.8. The number of carbonyl (C=O) groups is 1. The Bertz CT molecular complexity index is 745. The van der Waals surface area contributed by atoms with Crippen molar-refractivity contribution in [3.63, 3.8) is 0 Å². The van der Waals surface area contributed by atoms with Crippen LogP contribution in [0.2, 0.25) is 0 Å². The molecule has 0 bridgehead atoms. The number of fused-ring (bicyclic) bond motifs is 1. The average molecular weight is 294 g/mol. The third-order valence-corrected chi connectivity index (χ3v) is 3.60. The lowest BCUT2D eigenvalue weighted by atomic mass is 10.0. The van der Waals surface area contributed by atoms with Gasteiger partial charge in [0.25, 0.3) is 0 Å². The van der Waals surface area contributed by atoms with Gasteiger partial charge in [0.2, 0.25) is 0 Å². The molecule has 112 valence electrons. The van der Waals surface area contributed by atoms with Gasteiger partial charge in [-0.3, -0.25) is 0 Å². The minimum absolute atomic E-state index is 0.156. The van der Waals surface area contributed by atoms with Gasteiger partial charge in [-0.1, -0.05) is 42.5 Å². The van der Waals surface area contributed by atoms with E-state index in [4.69, 9.17) is 4.42 Å². The van der Waals surface area contributed by atoms with Crippen LogP contribution in [0.4, 0.5) is 4.79 Å². The average Bonchev–Trinajstić information content (AvgIpc) is 3.06. The summed E-state index contributed by atoms with van der Waals surface area (Å²) in [5.41, 5.74) is 2.19. The van der Waals surface area contributed by atoms with Crippen LogP contribution in [0.5, 0.6) is 0 Å². The molecule has 0 radical (unpaired) electrons. The SMILES string of the molecule is O=C(NCCc1ccoc1)NCc1cccc2ccccc12. The fourth-order valence-electron chi connectivity index (χ4n) is 2.44. The standard InChI is InChI=1S/C18H18N2O2/c21-18(19-10-8-14-9-11-22-13-14)20-12-16-6-3-5-15-4-1-2-7-17(15)16/h1-7,9,11,13H,8,10,12H2,(H2,19,20,21). The molecule has 4 heteroatoms. The first kappa shape index (κ1) is 14.2. The van der Waals surface area contributed by atoms with Crippen LogP contribution in [-0.4, -0.2) is 12.6 Å². The molecule has 0 saturated heterocycles. The van der Waals surface area contributed by atoms with Crippen LogP contribution >= 0.6 is 0 Å². The van der Waals surface area contributed by atoms with Crippen LogP contribution in [0.3, 0.4) is 0 Å². The molecule has 2 N–H and O–H groups in total. The molecule has 0 atom stereocenters. The molecular weight excluding hydrogens is 276 g/mol. The highest BCUT2D eigenvalue weighted by atomic mass is 16.3. The van der Waals surface area contributed by atoms with Crippen LogP contribution in [-0.2, 0) is 13.0 Å². The first-order chi connectivity index (χ1) is 10.8. The first-order valence-electron chi connectivity index (χ1n) is 7.32. The van der Waals surface area contributed by atoms with Crippen LogP contribution in [0.25, 0.3) is 10.8 Å². The molecule has 0 aliphatic heterocycles. The van der Waals surface area contributed by atoms with Gasteiger partial charge in [0, 0.05) is 13.1 Å². The molecular formula is C18H18N2O2. The summed E-state index contributed by atoms with van der Waals surface area (Å²) in [6.07, 6.45) is 4.09. The normalized spacial score (nSPS) is 10.5. The number of benzene rings is 2. The molecule has 0 saturated carbocycles. The van der Waals surface area contributed by atoms with E-state index in [9.17, 15) is 4.79 Å². The Labute approximate surface area is 129 Å². The van der Waals surface area contributed by atoms with Gasteiger partial charge < -0.3 is 15.1 Å². The van der Waals surface area contributed by atoms with Crippen molar-refractivity contribution >= 4 is 16.8 Å². The Morgan fingerprint density at radius 3 is 2.73 bits per heavy atom. The molecule has 0 aliphatic rings. The maximum atomic E-state index is 11.8. The van der Waals surface area contributed by atoms with Crippen LogP contribution in [0.1, 0.15) is 11.1 Å². The van der Waals surface area contributed by atoms with E-state index in [1.165, 1.54) is 10.8 Å². The van der Waals surface area contributed by atoms with Gasteiger partial charge in [-0.05, 0) is 34.4 Å². The Morgan fingerprint density at radius 1 is 1.00 bits per heavy atom. The second-order valence-corrected chi connectivity index (χ2v) is 5.13. The van der Waals surface area contributed by atoms with Gasteiger partial charge in [0.05, 0.1) is 12.5 Å². The molecule has 0 aliphatic carbocycles. The van der Waals surface area contributed by atoms with E-state index in [1.807, 2.05) is 30.3 Å². The zero-order valence-electron chi connectivity index (χ0n) is 12.2. The van der Waals surface area contributed by atoms with E-state index in [0.29, 0.717) is 13.1 Å². The van der Waals surface area contributed by atoms with Crippen LogP contribution < -0.4 is 10.6 Å².